The van der Waals surface area contributed by atoms with Crippen LogP contribution in [0.2, 0.25) is 0 Å². The third-order valence-electron chi connectivity index (χ3n) is 5.82. The van der Waals surface area contributed by atoms with E-state index in [1.807, 2.05) is 0 Å². The van der Waals surface area contributed by atoms with Gasteiger partial charge in [0.05, 0.1) is 24.3 Å². The minimum absolute atomic E-state index is 0.0985. The molecule has 2 heterocycles. The number of morpholine rings is 1. The van der Waals surface area contributed by atoms with Crippen molar-refractivity contribution in [3.63, 3.8) is 0 Å². The third kappa shape index (κ3) is 3.67. The molecule has 1 saturated carbocycles. The van der Waals surface area contributed by atoms with Crippen molar-refractivity contribution in [3.05, 3.63) is 41.7 Å². The maximum absolute atomic E-state index is 6.22. The summed E-state index contributed by atoms with van der Waals surface area (Å²) >= 11 is 0. The second-order valence-electron chi connectivity index (χ2n) is 7.75. The molecule has 2 aromatic rings. The predicted octanol–water partition coefficient (Wildman–Crippen LogP) is 3.70. The summed E-state index contributed by atoms with van der Waals surface area (Å²) in [6, 6.07) is 11.2. The molecule has 2 fully saturated rings. The molecule has 1 aliphatic carbocycles. The number of aromatic nitrogens is 4. The summed E-state index contributed by atoms with van der Waals surface area (Å²) in [5.74, 6) is 0.998. The molecule has 1 aliphatic heterocycles. The van der Waals surface area contributed by atoms with E-state index in [9.17, 15) is 0 Å². The van der Waals surface area contributed by atoms with Gasteiger partial charge in [-0.05, 0) is 42.7 Å². The number of hydrogen-bond donors (Lipinski definition) is 0. The molecule has 6 nitrogen and oxygen atoms in total. The molecular weight excluding hydrogens is 326 g/mol. The van der Waals surface area contributed by atoms with Gasteiger partial charge >= 0.3 is 0 Å². The van der Waals surface area contributed by atoms with Gasteiger partial charge in [-0.15, -0.1) is 5.10 Å². The Bertz CT molecular complexity index is 697. The molecule has 1 saturated heterocycles. The lowest BCUT2D eigenvalue weighted by Gasteiger charge is -2.40. The molecule has 0 bridgehead atoms. The molecule has 1 aromatic carbocycles. The van der Waals surface area contributed by atoms with Crippen molar-refractivity contribution in [2.75, 3.05) is 13.1 Å². The van der Waals surface area contributed by atoms with Crippen molar-refractivity contribution in [1.82, 2.24) is 25.1 Å². The SMILES string of the molecule is CC1CN(C(C)c2nnnn2C2CCCCC2)CC(c2ccccc2)O1. The standard InChI is InChI=1S/C20H29N5O/c1-15-13-24(14-19(26-15)17-9-5-3-6-10-17)16(2)20-21-22-23-25(20)18-11-7-4-8-12-18/h3,5-6,9-10,15-16,18-19H,4,7-8,11-14H2,1-2H3. The second kappa shape index (κ2) is 7.84. The van der Waals surface area contributed by atoms with Gasteiger partial charge in [-0.2, -0.15) is 0 Å². The number of tetrazole rings is 1. The highest BCUT2D eigenvalue weighted by atomic mass is 16.5. The molecule has 1 aromatic heterocycles. The lowest BCUT2D eigenvalue weighted by Crippen LogP contribution is -2.44. The van der Waals surface area contributed by atoms with Crippen LogP contribution in [-0.2, 0) is 4.74 Å². The number of hydrogen-bond acceptors (Lipinski definition) is 5. The van der Waals surface area contributed by atoms with Crippen LogP contribution < -0.4 is 0 Å². The Morgan fingerprint density at radius 3 is 2.62 bits per heavy atom. The van der Waals surface area contributed by atoms with Crippen molar-refractivity contribution in [2.45, 2.75) is 70.2 Å². The Morgan fingerprint density at radius 1 is 1.08 bits per heavy atom. The lowest BCUT2D eigenvalue weighted by molar-refractivity contribution is -0.0908. The zero-order valence-corrected chi connectivity index (χ0v) is 15.8. The van der Waals surface area contributed by atoms with Crippen molar-refractivity contribution in [1.29, 1.82) is 0 Å². The van der Waals surface area contributed by atoms with Crippen LogP contribution in [0, 0.1) is 0 Å². The van der Waals surface area contributed by atoms with Crippen molar-refractivity contribution in [3.8, 4) is 0 Å². The first-order chi connectivity index (χ1) is 12.7. The summed E-state index contributed by atoms with van der Waals surface area (Å²) in [7, 11) is 0. The molecular formula is C20H29N5O. The molecule has 4 rings (SSSR count). The Labute approximate surface area is 155 Å². The Kier molecular flexibility index (Phi) is 5.31. The zero-order chi connectivity index (χ0) is 17.9. The van der Waals surface area contributed by atoms with Gasteiger partial charge in [0.2, 0.25) is 0 Å². The molecule has 2 aliphatic rings. The number of benzene rings is 1. The predicted molar refractivity (Wildman–Crippen MR) is 99.7 cm³/mol. The van der Waals surface area contributed by atoms with E-state index < -0.39 is 0 Å². The van der Waals surface area contributed by atoms with Crippen LogP contribution in [0.5, 0.6) is 0 Å². The van der Waals surface area contributed by atoms with E-state index in [0.717, 1.165) is 18.9 Å². The number of nitrogens with zero attached hydrogens (tertiary/aromatic N) is 5. The van der Waals surface area contributed by atoms with Gasteiger partial charge in [-0.3, -0.25) is 4.90 Å². The summed E-state index contributed by atoms with van der Waals surface area (Å²) in [6.07, 6.45) is 6.57. The summed E-state index contributed by atoms with van der Waals surface area (Å²) in [5.41, 5.74) is 1.24. The molecule has 3 unspecified atom stereocenters. The fourth-order valence-corrected chi connectivity index (χ4v) is 4.38. The average Bonchev–Trinajstić information content (AvgIpc) is 3.18. The summed E-state index contributed by atoms with van der Waals surface area (Å²) in [5, 5.41) is 12.8. The molecule has 0 spiro atoms. The summed E-state index contributed by atoms with van der Waals surface area (Å²) in [6.45, 7) is 6.15. The van der Waals surface area contributed by atoms with E-state index in [-0.39, 0.29) is 18.2 Å². The van der Waals surface area contributed by atoms with Crippen LogP contribution >= 0.6 is 0 Å². The quantitative estimate of drug-likeness (QED) is 0.837. The van der Waals surface area contributed by atoms with Gasteiger partial charge in [0.1, 0.15) is 0 Å². The summed E-state index contributed by atoms with van der Waals surface area (Å²) in [4.78, 5) is 2.47. The van der Waals surface area contributed by atoms with Crippen LogP contribution in [0.3, 0.4) is 0 Å². The lowest BCUT2D eigenvalue weighted by atomic mass is 9.95. The molecule has 0 amide bonds. The van der Waals surface area contributed by atoms with Crippen LogP contribution in [0.4, 0.5) is 0 Å². The minimum atomic E-state index is 0.0985. The van der Waals surface area contributed by atoms with Crippen molar-refractivity contribution < 1.29 is 4.74 Å². The van der Waals surface area contributed by atoms with E-state index in [0.29, 0.717) is 6.04 Å². The Hall–Kier alpha value is -1.79. The highest BCUT2D eigenvalue weighted by molar-refractivity contribution is 5.18. The average molecular weight is 355 g/mol. The first-order valence-corrected chi connectivity index (χ1v) is 9.94. The van der Waals surface area contributed by atoms with Crippen molar-refractivity contribution >= 4 is 0 Å². The Morgan fingerprint density at radius 2 is 1.85 bits per heavy atom. The molecule has 0 N–H and O–H groups in total. The van der Waals surface area contributed by atoms with Gasteiger partial charge in [-0.25, -0.2) is 4.68 Å². The zero-order valence-electron chi connectivity index (χ0n) is 15.8. The first kappa shape index (κ1) is 17.6. The largest absolute Gasteiger partial charge is 0.368 e. The number of ether oxygens (including phenoxy) is 1. The van der Waals surface area contributed by atoms with Crippen LogP contribution in [0.15, 0.2) is 30.3 Å². The fraction of sp³-hybridized carbons (Fsp3) is 0.650. The van der Waals surface area contributed by atoms with Crippen LogP contribution in [0.25, 0.3) is 0 Å². The van der Waals surface area contributed by atoms with E-state index in [1.165, 1.54) is 37.7 Å². The van der Waals surface area contributed by atoms with Gasteiger partial charge in [0.25, 0.3) is 0 Å². The monoisotopic (exact) mass is 355 g/mol. The van der Waals surface area contributed by atoms with E-state index in [4.69, 9.17) is 4.74 Å². The van der Waals surface area contributed by atoms with Gasteiger partial charge in [-0.1, -0.05) is 49.6 Å². The summed E-state index contributed by atoms with van der Waals surface area (Å²) < 4.78 is 8.32. The third-order valence-corrected chi connectivity index (χ3v) is 5.82. The smallest absolute Gasteiger partial charge is 0.168 e. The highest BCUT2D eigenvalue weighted by Crippen LogP contribution is 2.33. The highest BCUT2D eigenvalue weighted by Gasteiger charge is 2.33. The molecule has 26 heavy (non-hydrogen) atoms. The van der Waals surface area contributed by atoms with Crippen LogP contribution in [-0.4, -0.2) is 44.3 Å². The molecule has 140 valence electrons. The molecule has 0 radical (unpaired) electrons. The fourth-order valence-electron chi connectivity index (χ4n) is 4.38. The Balaban J connectivity index is 1.52. The van der Waals surface area contributed by atoms with E-state index in [2.05, 4.69) is 69.3 Å². The van der Waals surface area contributed by atoms with E-state index in [1.54, 1.807) is 0 Å². The first-order valence-electron chi connectivity index (χ1n) is 9.94. The van der Waals surface area contributed by atoms with Gasteiger partial charge in [0, 0.05) is 13.1 Å². The minimum Gasteiger partial charge on any atom is -0.368 e. The van der Waals surface area contributed by atoms with E-state index >= 15 is 0 Å². The topological polar surface area (TPSA) is 56.1 Å². The normalized spacial score (nSPS) is 26.7. The van der Waals surface area contributed by atoms with Gasteiger partial charge < -0.3 is 4.74 Å². The number of rotatable bonds is 4. The molecule has 6 heteroatoms. The van der Waals surface area contributed by atoms with Crippen LogP contribution in [0.1, 0.15) is 75.5 Å². The maximum Gasteiger partial charge on any atom is 0.168 e. The molecule has 3 atom stereocenters. The maximum atomic E-state index is 6.22. The van der Waals surface area contributed by atoms with Crippen molar-refractivity contribution in [2.24, 2.45) is 0 Å². The second-order valence-corrected chi connectivity index (χ2v) is 7.75. The van der Waals surface area contributed by atoms with Gasteiger partial charge in [0.15, 0.2) is 5.82 Å².